The summed E-state index contributed by atoms with van der Waals surface area (Å²) in [6.07, 6.45) is 0. The van der Waals surface area contributed by atoms with Crippen LogP contribution in [-0.2, 0) is 11.1 Å². The highest BCUT2D eigenvalue weighted by molar-refractivity contribution is 7.79. The molecule has 0 bridgehead atoms. The largest absolute Gasteiger partial charge is 0.768 e. The lowest BCUT2D eigenvalue weighted by molar-refractivity contribution is 0.474. The fourth-order valence-electron chi connectivity index (χ4n) is 0.706. The Morgan fingerprint density at radius 1 is 1.33 bits per heavy atom. The molecule has 0 aliphatic heterocycles. The molecule has 66 valence electrons. The fraction of sp³-hybridized carbons (Fsp3) is 0. The van der Waals surface area contributed by atoms with E-state index in [-0.39, 0.29) is 20.7 Å². The minimum atomic E-state index is -2.49. The van der Waals surface area contributed by atoms with Crippen LogP contribution in [0.3, 0.4) is 0 Å². The van der Waals surface area contributed by atoms with E-state index in [0.29, 0.717) is 0 Å². The number of rotatable bonds is 1. The zero-order valence-electron chi connectivity index (χ0n) is 5.58. The number of phenols is 1. The van der Waals surface area contributed by atoms with Crippen molar-refractivity contribution in [3.63, 3.8) is 0 Å². The van der Waals surface area contributed by atoms with Gasteiger partial charge >= 0.3 is 0 Å². The lowest BCUT2D eigenvalue weighted by atomic mass is 10.3. The molecule has 0 aliphatic carbocycles. The van der Waals surface area contributed by atoms with Gasteiger partial charge in [-0.25, -0.2) is 0 Å². The molecular formula is C6H3Cl2O3S-. The van der Waals surface area contributed by atoms with E-state index in [1.807, 2.05) is 0 Å². The summed E-state index contributed by atoms with van der Waals surface area (Å²) in [7, 11) is 0. The number of phenolic OH excluding ortho intramolecular Hbond substituents is 1. The van der Waals surface area contributed by atoms with Crippen molar-refractivity contribution in [1.29, 1.82) is 0 Å². The van der Waals surface area contributed by atoms with Gasteiger partial charge in [0, 0.05) is 0 Å². The average Bonchev–Trinajstić information content (AvgIpc) is 1.82. The highest BCUT2D eigenvalue weighted by Crippen LogP contribution is 2.31. The Bertz CT molecular complexity index is 317. The van der Waals surface area contributed by atoms with Gasteiger partial charge in [-0.05, 0) is 23.2 Å². The van der Waals surface area contributed by atoms with Crippen molar-refractivity contribution in [3.8, 4) is 5.75 Å². The molecule has 0 amide bonds. The van der Waals surface area contributed by atoms with Crippen LogP contribution in [0.1, 0.15) is 0 Å². The maximum absolute atomic E-state index is 10.5. The summed E-state index contributed by atoms with van der Waals surface area (Å²) < 4.78 is 21.0. The maximum atomic E-state index is 10.5. The van der Waals surface area contributed by atoms with E-state index in [4.69, 9.17) is 28.3 Å². The zero-order chi connectivity index (χ0) is 9.30. The minimum Gasteiger partial charge on any atom is -0.768 e. The Morgan fingerprint density at radius 2 is 1.75 bits per heavy atom. The van der Waals surface area contributed by atoms with E-state index >= 15 is 0 Å². The van der Waals surface area contributed by atoms with Gasteiger partial charge in [-0.3, -0.25) is 4.21 Å². The average molecular weight is 226 g/mol. The summed E-state index contributed by atoms with van der Waals surface area (Å²) in [6.45, 7) is 0. The number of hydrogen-bond acceptors (Lipinski definition) is 3. The smallest absolute Gasteiger partial charge is 0.118 e. The summed E-state index contributed by atoms with van der Waals surface area (Å²) in [5, 5.41) is 8.75. The van der Waals surface area contributed by atoms with Crippen LogP contribution in [-0.4, -0.2) is 13.9 Å². The van der Waals surface area contributed by atoms with Gasteiger partial charge in [0.25, 0.3) is 0 Å². The molecule has 1 unspecified atom stereocenters. The second-order valence-corrected chi connectivity index (χ2v) is 3.67. The van der Waals surface area contributed by atoms with E-state index in [2.05, 4.69) is 0 Å². The Kier molecular flexibility index (Phi) is 2.95. The molecule has 6 heteroatoms. The molecule has 0 fully saturated rings. The van der Waals surface area contributed by atoms with Gasteiger partial charge in [0.15, 0.2) is 0 Å². The molecule has 0 saturated heterocycles. The van der Waals surface area contributed by atoms with Crippen LogP contribution in [0.25, 0.3) is 0 Å². The second-order valence-electron chi connectivity index (χ2n) is 1.97. The number of hydrogen-bond donors (Lipinski definition) is 1. The zero-order valence-corrected chi connectivity index (χ0v) is 7.91. The normalized spacial score (nSPS) is 12.9. The molecule has 1 aromatic rings. The molecule has 1 N–H and O–H groups in total. The van der Waals surface area contributed by atoms with Crippen LogP contribution in [0.15, 0.2) is 17.0 Å². The van der Waals surface area contributed by atoms with Crippen LogP contribution in [0.2, 0.25) is 10.0 Å². The third-order valence-electron chi connectivity index (χ3n) is 1.15. The Labute approximate surface area is 81.2 Å². The monoisotopic (exact) mass is 225 g/mol. The lowest BCUT2D eigenvalue weighted by Gasteiger charge is -2.09. The Hall–Kier alpha value is -0.290. The number of halogens is 2. The van der Waals surface area contributed by atoms with Crippen molar-refractivity contribution >= 4 is 34.3 Å². The van der Waals surface area contributed by atoms with Crippen LogP contribution >= 0.6 is 23.2 Å². The maximum Gasteiger partial charge on any atom is 0.118 e. The van der Waals surface area contributed by atoms with Crippen molar-refractivity contribution in [2.45, 2.75) is 4.90 Å². The quantitative estimate of drug-likeness (QED) is 0.744. The standard InChI is InChI=1S/C6H4Cl2O3S/c7-4-1-3(9)2-5(8)6(4)12(10)11/h1-2,9H,(H,10,11)/p-1. The summed E-state index contributed by atoms with van der Waals surface area (Å²) in [5.41, 5.74) is 0. The third kappa shape index (κ3) is 1.90. The molecule has 0 saturated carbocycles. The molecule has 0 spiro atoms. The van der Waals surface area contributed by atoms with E-state index in [1.54, 1.807) is 0 Å². The van der Waals surface area contributed by atoms with Crippen LogP contribution in [0.5, 0.6) is 5.75 Å². The number of aromatic hydroxyl groups is 1. The molecule has 0 heterocycles. The molecule has 0 aliphatic rings. The molecule has 1 rings (SSSR count). The molecule has 1 atom stereocenters. The lowest BCUT2D eigenvalue weighted by Crippen LogP contribution is -1.91. The van der Waals surface area contributed by atoms with Crippen molar-refractivity contribution in [1.82, 2.24) is 0 Å². The van der Waals surface area contributed by atoms with Crippen molar-refractivity contribution in [2.75, 3.05) is 0 Å². The van der Waals surface area contributed by atoms with Crippen LogP contribution in [0.4, 0.5) is 0 Å². The van der Waals surface area contributed by atoms with Gasteiger partial charge in [0.05, 0.1) is 14.9 Å². The summed E-state index contributed by atoms with van der Waals surface area (Å²) in [6, 6.07) is 2.22. The predicted molar refractivity (Wildman–Crippen MR) is 45.3 cm³/mol. The first-order valence-corrected chi connectivity index (χ1v) is 4.62. The van der Waals surface area contributed by atoms with Crippen molar-refractivity contribution in [2.24, 2.45) is 0 Å². The van der Waals surface area contributed by atoms with E-state index < -0.39 is 11.1 Å². The topological polar surface area (TPSA) is 60.4 Å². The van der Waals surface area contributed by atoms with E-state index in [0.717, 1.165) is 12.1 Å². The first-order chi connectivity index (χ1) is 5.52. The van der Waals surface area contributed by atoms with Gasteiger partial charge in [0.1, 0.15) is 5.75 Å². The molecular weight excluding hydrogens is 223 g/mol. The van der Waals surface area contributed by atoms with Gasteiger partial charge in [-0.2, -0.15) is 0 Å². The van der Waals surface area contributed by atoms with Gasteiger partial charge in [-0.1, -0.05) is 23.2 Å². The molecule has 3 nitrogen and oxygen atoms in total. The van der Waals surface area contributed by atoms with Crippen LogP contribution in [0, 0.1) is 0 Å². The van der Waals surface area contributed by atoms with E-state index in [9.17, 15) is 8.76 Å². The minimum absolute atomic E-state index is 0.0895. The molecule has 1 aromatic carbocycles. The predicted octanol–water partition coefficient (Wildman–Crippen LogP) is 1.94. The van der Waals surface area contributed by atoms with Gasteiger partial charge in [0.2, 0.25) is 0 Å². The first-order valence-electron chi connectivity index (χ1n) is 2.79. The van der Waals surface area contributed by atoms with Crippen LogP contribution < -0.4 is 0 Å². The summed E-state index contributed by atoms with van der Waals surface area (Å²) in [4.78, 5) is -0.198. The fourth-order valence-corrected chi connectivity index (χ4v) is 2.00. The summed E-state index contributed by atoms with van der Waals surface area (Å²) >= 11 is 8.50. The first kappa shape index (κ1) is 9.80. The highest BCUT2D eigenvalue weighted by Gasteiger charge is 2.07. The van der Waals surface area contributed by atoms with E-state index in [1.165, 1.54) is 0 Å². The molecule has 0 radical (unpaired) electrons. The van der Waals surface area contributed by atoms with Gasteiger partial charge < -0.3 is 9.66 Å². The Morgan fingerprint density at radius 3 is 2.08 bits per heavy atom. The Balaban J connectivity index is 3.38. The van der Waals surface area contributed by atoms with Crippen molar-refractivity contribution in [3.05, 3.63) is 22.2 Å². The van der Waals surface area contributed by atoms with Gasteiger partial charge in [-0.15, -0.1) is 0 Å². The highest BCUT2D eigenvalue weighted by atomic mass is 35.5. The SMILES string of the molecule is O=S([O-])c1c(Cl)cc(O)cc1Cl. The van der Waals surface area contributed by atoms with Crippen molar-refractivity contribution < 1.29 is 13.9 Å². The number of benzene rings is 1. The summed E-state index contributed by atoms with van der Waals surface area (Å²) in [5.74, 6) is -0.167. The molecule has 12 heavy (non-hydrogen) atoms. The third-order valence-corrected chi connectivity index (χ3v) is 2.74. The second kappa shape index (κ2) is 3.62. The molecule has 0 aromatic heterocycles.